The van der Waals surface area contributed by atoms with E-state index in [0.717, 1.165) is 10.0 Å². The fraction of sp³-hybridized carbons (Fsp3) is 0. The zero-order valence-corrected chi connectivity index (χ0v) is 15.4. The molecule has 0 spiro atoms. The van der Waals surface area contributed by atoms with Gasteiger partial charge in [0.25, 0.3) is 0 Å². The minimum atomic E-state index is 0.370. The van der Waals surface area contributed by atoms with Gasteiger partial charge in [0.1, 0.15) is 0 Å². The minimum Gasteiger partial charge on any atom is -0.250 e. The van der Waals surface area contributed by atoms with E-state index in [1.165, 1.54) is 4.68 Å². The lowest BCUT2D eigenvalue weighted by atomic mass is 10.2. The molecule has 3 rings (SSSR count). The van der Waals surface area contributed by atoms with Gasteiger partial charge in [-0.3, -0.25) is 0 Å². The fourth-order valence-corrected chi connectivity index (χ4v) is 3.00. The Bertz CT molecular complexity index is 949. The van der Waals surface area contributed by atoms with Gasteiger partial charge in [-0.2, -0.15) is 14.9 Å². The van der Waals surface area contributed by atoms with Crippen molar-refractivity contribution in [2.45, 2.75) is 0 Å². The highest BCUT2D eigenvalue weighted by atomic mass is 79.9. The summed E-state index contributed by atoms with van der Waals surface area (Å²) in [4.78, 5) is 0. The molecule has 23 heavy (non-hydrogen) atoms. The van der Waals surface area contributed by atoms with Crippen molar-refractivity contribution in [3.8, 4) is 11.4 Å². The second-order valence-corrected chi connectivity index (χ2v) is 6.64. The average Bonchev–Trinajstić information content (AvgIpc) is 2.87. The number of H-pyrrole nitrogens is 1. The normalized spacial score (nSPS) is 11.3. The van der Waals surface area contributed by atoms with Gasteiger partial charge >= 0.3 is 0 Å². The number of nitrogens with zero attached hydrogens (tertiary/aromatic N) is 3. The Kier molecular flexibility index (Phi) is 4.96. The molecule has 116 valence electrons. The third-order valence-corrected chi connectivity index (χ3v) is 4.57. The Morgan fingerprint density at radius 1 is 1.22 bits per heavy atom. The smallest absolute Gasteiger partial charge is 0.216 e. The van der Waals surface area contributed by atoms with E-state index in [1.54, 1.807) is 24.4 Å². The Hall–Kier alpha value is -1.47. The van der Waals surface area contributed by atoms with Crippen molar-refractivity contribution < 1.29 is 0 Å². The molecule has 4 nitrogen and oxygen atoms in total. The molecule has 0 aliphatic carbocycles. The van der Waals surface area contributed by atoms with E-state index >= 15 is 0 Å². The molecule has 0 fully saturated rings. The maximum Gasteiger partial charge on any atom is 0.216 e. The number of hydrogen-bond acceptors (Lipinski definition) is 3. The first-order valence-corrected chi connectivity index (χ1v) is 8.43. The highest BCUT2D eigenvalue weighted by molar-refractivity contribution is 9.10. The molecule has 2 aromatic carbocycles. The van der Waals surface area contributed by atoms with Gasteiger partial charge in [-0.15, -0.1) is 0 Å². The van der Waals surface area contributed by atoms with Crippen LogP contribution in [0.15, 0.2) is 52.0 Å². The van der Waals surface area contributed by atoms with Crippen molar-refractivity contribution in [2.24, 2.45) is 5.10 Å². The van der Waals surface area contributed by atoms with E-state index in [2.05, 4.69) is 31.2 Å². The first-order chi connectivity index (χ1) is 11.1. The van der Waals surface area contributed by atoms with Gasteiger partial charge in [-0.25, -0.2) is 5.10 Å². The third-order valence-electron chi connectivity index (χ3n) is 3.04. The van der Waals surface area contributed by atoms with Crippen LogP contribution in [0.1, 0.15) is 5.56 Å². The van der Waals surface area contributed by atoms with E-state index < -0.39 is 0 Å². The van der Waals surface area contributed by atoms with Gasteiger partial charge in [0.15, 0.2) is 5.82 Å². The largest absolute Gasteiger partial charge is 0.250 e. The summed E-state index contributed by atoms with van der Waals surface area (Å²) < 4.78 is 2.82. The standard InChI is InChI=1S/C15H9BrCl2N4S/c16-12-4-2-1-3-9(12)8-19-22-14(20-21-15(22)23)11-6-5-10(17)7-13(11)18/h1-8H,(H,21,23)/b19-8-. The molecule has 0 amide bonds. The predicted molar refractivity (Wildman–Crippen MR) is 100 cm³/mol. The van der Waals surface area contributed by atoms with Crippen LogP contribution in [0.25, 0.3) is 11.4 Å². The van der Waals surface area contributed by atoms with E-state index in [1.807, 2.05) is 24.3 Å². The van der Waals surface area contributed by atoms with Crippen molar-refractivity contribution in [2.75, 3.05) is 0 Å². The third kappa shape index (κ3) is 3.55. The van der Waals surface area contributed by atoms with Gasteiger partial charge in [-0.1, -0.05) is 57.3 Å². The number of aromatic amines is 1. The molecule has 1 heterocycles. The molecule has 3 aromatic rings. The number of nitrogens with one attached hydrogen (secondary N) is 1. The first kappa shape index (κ1) is 16.4. The van der Waals surface area contributed by atoms with Crippen LogP contribution in [0, 0.1) is 4.77 Å². The summed E-state index contributed by atoms with van der Waals surface area (Å²) in [6, 6.07) is 12.9. The summed E-state index contributed by atoms with van der Waals surface area (Å²) in [7, 11) is 0. The Morgan fingerprint density at radius 2 is 2.00 bits per heavy atom. The SMILES string of the molecule is S=c1[nH]nc(-c2ccc(Cl)cc2Cl)n1/N=C\c1ccccc1Br. The zero-order chi connectivity index (χ0) is 16.4. The summed E-state index contributed by atoms with van der Waals surface area (Å²) in [6.07, 6.45) is 1.70. The van der Waals surface area contributed by atoms with Crippen LogP contribution in [0.3, 0.4) is 0 Å². The van der Waals surface area contributed by atoms with Crippen LogP contribution in [0.5, 0.6) is 0 Å². The van der Waals surface area contributed by atoms with E-state index in [9.17, 15) is 0 Å². The second-order valence-electron chi connectivity index (χ2n) is 4.55. The number of halogens is 3. The highest BCUT2D eigenvalue weighted by Crippen LogP contribution is 2.29. The number of benzene rings is 2. The van der Waals surface area contributed by atoms with Crippen molar-refractivity contribution >= 4 is 57.6 Å². The summed E-state index contributed by atoms with van der Waals surface area (Å²) in [6.45, 7) is 0. The summed E-state index contributed by atoms with van der Waals surface area (Å²) >= 11 is 20.9. The van der Waals surface area contributed by atoms with Gasteiger partial charge in [-0.05, 0) is 36.5 Å². The van der Waals surface area contributed by atoms with Gasteiger partial charge in [0.2, 0.25) is 4.77 Å². The van der Waals surface area contributed by atoms with Crippen LogP contribution in [-0.4, -0.2) is 21.1 Å². The Labute approximate surface area is 155 Å². The monoisotopic (exact) mass is 426 g/mol. The van der Waals surface area contributed by atoms with E-state index in [-0.39, 0.29) is 0 Å². The summed E-state index contributed by atoms with van der Waals surface area (Å²) in [5.41, 5.74) is 1.61. The molecular weight excluding hydrogens is 419 g/mol. The molecule has 0 bridgehead atoms. The molecule has 0 atom stereocenters. The fourth-order valence-electron chi connectivity index (χ4n) is 1.94. The van der Waals surface area contributed by atoms with Gasteiger partial charge in [0, 0.05) is 20.6 Å². The van der Waals surface area contributed by atoms with Gasteiger partial charge < -0.3 is 0 Å². The first-order valence-electron chi connectivity index (χ1n) is 6.48. The molecule has 0 aliphatic rings. The molecule has 8 heteroatoms. The van der Waals surface area contributed by atoms with Crippen LogP contribution in [0.2, 0.25) is 10.0 Å². The minimum absolute atomic E-state index is 0.370. The topological polar surface area (TPSA) is 46.0 Å². The highest BCUT2D eigenvalue weighted by Gasteiger charge is 2.12. The second kappa shape index (κ2) is 6.97. The van der Waals surface area contributed by atoms with Crippen molar-refractivity contribution in [1.29, 1.82) is 0 Å². The van der Waals surface area contributed by atoms with E-state index in [4.69, 9.17) is 35.4 Å². The number of hydrogen-bond donors (Lipinski definition) is 1. The molecule has 0 saturated carbocycles. The molecule has 1 N–H and O–H groups in total. The zero-order valence-electron chi connectivity index (χ0n) is 11.5. The van der Waals surface area contributed by atoms with Crippen LogP contribution < -0.4 is 0 Å². The molecule has 0 saturated heterocycles. The lowest BCUT2D eigenvalue weighted by Gasteiger charge is -2.04. The molecule has 0 radical (unpaired) electrons. The summed E-state index contributed by atoms with van der Waals surface area (Å²) in [5.74, 6) is 0.514. The van der Waals surface area contributed by atoms with Crippen LogP contribution in [-0.2, 0) is 0 Å². The average molecular weight is 428 g/mol. The molecule has 1 aromatic heterocycles. The van der Waals surface area contributed by atoms with Crippen LogP contribution >= 0.6 is 51.3 Å². The van der Waals surface area contributed by atoms with Crippen molar-refractivity contribution in [3.05, 3.63) is 67.3 Å². The maximum atomic E-state index is 6.24. The lowest BCUT2D eigenvalue weighted by molar-refractivity contribution is 0.871. The lowest BCUT2D eigenvalue weighted by Crippen LogP contribution is -1.96. The Morgan fingerprint density at radius 3 is 2.74 bits per heavy atom. The predicted octanol–water partition coefficient (Wildman–Crippen LogP) is 5.56. The quantitative estimate of drug-likeness (QED) is 0.439. The maximum absolute atomic E-state index is 6.24. The molecular formula is C15H9BrCl2N4S. The van der Waals surface area contributed by atoms with Crippen molar-refractivity contribution in [3.63, 3.8) is 0 Å². The van der Waals surface area contributed by atoms with Crippen molar-refractivity contribution in [1.82, 2.24) is 14.9 Å². The van der Waals surface area contributed by atoms with Gasteiger partial charge in [0.05, 0.1) is 11.2 Å². The molecule has 0 unspecified atom stereocenters. The van der Waals surface area contributed by atoms with E-state index in [0.29, 0.717) is 26.2 Å². The summed E-state index contributed by atoms with van der Waals surface area (Å²) in [5, 5.41) is 12.4. The molecule has 0 aliphatic heterocycles. The number of rotatable bonds is 3. The number of aromatic nitrogens is 3. The Balaban J connectivity index is 2.06. The van der Waals surface area contributed by atoms with Crippen LogP contribution in [0.4, 0.5) is 0 Å².